The van der Waals surface area contributed by atoms with Crippen LogP contribution in [0, 0.1) is 5.82 Å². The standard InChI is InChI=1S/C24H30FN3O/c25-21-9-4-7-19(15-21)16-22-10-5-11-23(26-22)20-8-6-12-27(17-20)18-24(29)28-13-2-1-3-14-28/h4-5,7,9-11,15,20H,1-3,6,8,12-14,16-18H2/t20-/m1/s1. The summed E-state index contributed by atoms with van der Waals surface area (Å²) in [5, 5.41) is 0. The van der Waals surface area contributed by atoms with E-state index in [1.54, 1.807) is 12.1 Å². The lowest BCUT2D eigenvalue weighted by atomic mass is 9.93. The van der Waals surface area contributed by atoms with Crippen LogP contribution in [0.25, 0.3) is 0 Å². The summed E-state index contributed by atoms with van der Waals surface area (Å²) in [6, 6.07) is 12.9. The second kappa shape index (κ2) is 9.49. The Morgan fingerprint density at radius 1 is 1.03 bits per heavy atom. The van der Waals surface area contributed by atoms with E-state index in [1.807, 2.05) is 17.0 Å². The van der Waals surface area contributed by atoms with Crippen molar-refractivity contribution in [1.82, 2.24) is 14.8 Å². The van der Waals surface area contributed by atoms with Gasteiger partial charge in [-0.25, -0.2) is 4.39 Å². The highest BCUT2D eigenvalue weighted by atomic mass is 19.1. The summed E-state index contributed by atoms with van der Waals surface area (Å²) in [7, 11) is 0. The Morgan fingerprint density at radius 3 is 2.69 bits per heavy atom. The Bertz CT molecular complexity index is 834. The van der Waals surface area contributed by atoms with E-state index in [9.17, 15) is 9.18 Å². The fourth-order valence-electron chi connectivity index (χ4n) is 4.56. The number of rotatable bonds is 5. The monoisotopic (exact) mass is 395 g/mol. The van der Waals surface area contributed by atoms with Crippen LogP contribution in [0.4, 0.5) is 4.39 Å². The molecule has 0 aliphatic carbocycles. The molecule has 0 N–H and O–H groups in total. The van der Waals surface area contributed by atoms with Gasteiger partial charge >= 0.3 is 0 Å². The van der Waals surface area contributed by atoms with Crippen LogP contribution in [0.3, 0.4) is 0 Å². The molecule has 1 aromatic heterocycles. The van der Waals surface area contributed by atoms with Crippen LogP contribution in [0.15, 0.2) is 42.5 Å². The number of aromatic nitrogens is 1. The van der Waals surface area contributed by atoms with Crippen molar-refractivity contribution in [2.45, 2.75) is 44.4 Å². The summed E-state index contributed by atoms with van der Waals surface area (Å²) < 4.78 is 13.5. The molecule has 2 aliphatic heterocycles. The number of hydrogen-bond acceptors (Lipinski definition) is 3. The van der Waals surface area contributed by atoms with Gasteiger partial charge in [-0.15, -0.1) is 0 Å². The Labute approximate surface area is 172 Å². The largest absolute Gasteiger partial charge is 0.342 e. The molecule has 0 unspecified atom stereocenters. The van der Waals surface area contributed by atoms with Crippen molar-refractivity contribution >= 4 is 5.91 Å². The maximum atomic E-state index is 13.5. The lowest BCUT2D eigenvalue weighted by Crippen LogP contribution is -2.45. The Morgan fingerprint density at radius 2 is 1.86 bits per heavy atom. The summed E-state index contributed by atoms with van der Waals surface area (Å²) in [4.78, 5) is 21.8. The summed E-state index contributed by atoms with van der Waals surface area (Å²) >= 11 is 0. The van der Waals surface area contributed by atoms with Crippen LogP contribution in [0.5, 0.6) is 0 Å². The minimum Gasteiger partial charge on any atom is -0.342 e. The quantitative estimate of drug-likeness (QED) is 0.768. The SMILES string of the molecule is O=C(CN1CCC[C@@H](c2cccc(Cc3cccc(F)c3)n2)C1)N1CCCCC1. The third-order valence-electron chi connectivity index (χ3n) is 6.09. The number of hydrogen-bond donors (Lipinski definition) is 0. The maximum Gasteiger partial charge on any atom is 0.236 e. The summed E-state index contributed by atoms with van der Waals surface area (Å²) in [5.74, 6) is 0.420. The van der Waals surface area contributed by atoms with E-state index in [-0.39, 0.29) is 11.7 Å². The van der Waals surface area contributed by atoms with Crippen molar-refractivity contribution in [2.24, 2.45) is 0 Å². The van der Waals surface area contributed by atoms with Crippen LogP contribution >= 0.6 is 0 Å². The Kier molecular flexibility index (Phi) is 6.55. The molecule has 2 aliphatic rings. The molecule has 154 valence electrons. The molecule has 5 heteroatoms. The predicted octanol–water partition coefficient (Wildman–Crippen LogP) is 4.00. The van der Waals surface area contributed by atoms with Crippen molar-refractivity contribution in [2.75, 3.05) is 32.7 Å². The van der Waals surface area contributed by atoms with E-state index >= 15 is 0 Å². The van der Waals surface area contributed by atoms with Gasteiger partial charge in [0.2, 0.25) is 5.91 Å². The highest BCUT2D eigenvalue weighted by Gasteiger charge is 2.26. The summed E-state index contributed by atoms with van der Waals surface area (Å²) in [5.41, 5.74) is 3.00. The molecule has 0 bridgehead atoms. The number of nitrogens with zero attached hydrogens (tertiary/aromatic N) is 3. The van der Waals surface area contributed by atoms with Crippen molar-refractivity contribution in [3.05, 3.63) is 65.2 Å². The molecule has 4 nitrogen and oxygen atoms in total. The number of carbonyl (C=O) groups is 1. The van der Waals surface area contributed by atoms with Gasteiger partial charge in [0.1, 0.15) is 5.82 Å². The first kappa shape index (κ1) is 20.0. The maximum absolute atomic E-state index is 13.5. The Balaban J connectivity index is 1.38. The molecule has 29 heavy (non-hydrogen) atoms. The van der Waals surface area contributed by atoms with Gasteiger partial charge in [-0.2, -0.15) is 0 Å². The molecule has 0 radical (unpaired) electrons. The van der Waals surface area contributed by atoms with Gasteiger partial charge < -0.3 is 4.90 Å². The molecule has 2 saturated heterocycles. The molecule has 1 atom stereocenters. The summed E-state index contributed by atoms with van der Waals surface area (Å²) in [6.45, 7) is 4.23. The van der Waals surface area contributed by atoms with E-state index in [2.05, 4.69) is 17.0 Å². The van der Waals surface area contributed by atoms with Crippen molar-refractivity contribution in [1.29, 1.82) is 0 Å². The zero-order valence-electron chi connectivity index (χ0n) is 17.0. The first-order valence-corrected chi connectivity index (χ1v) is 10.9. The molecule has 1 amide bonds. The zero-order valence-corrected chi connectivity index (χ0v) is 17.0. The fourth-order valence-corrected chi connectivity index (χ4v) is 4.56. The van der Waals surface area contributed by atoms with Crippen LogP contribution in [0.1, 0.15) is 55.0 Å². The highest BCUT2D eigenvalue weighted by Crippen LogP contribution is 2.26. The van der Waals surface area contributed by atoms with E-state index in [0.717, 1.165) is 68.8 Å². The number of carbonyl (C=O) groups excluding carboxylic acids is 1. The lowest BCUT2D eigenvalue weighted by molar-refractivity contribution is -0.133. The normalized spacial score (nSPS) is 20.6. The van der Waals surface area contributed by atoms with Gasteiger partial charge in [0.25, 0.3) is 0 Å². The van der Waals surface area contributed by atoms with Gasteiger partial charge in [0, 0.05) is 43.4 Å². The number of piperidine rings is 2. The highest BCUT2D eigenvalue weighted by molar-refractivity contribution is 5.78. The van der Waals surface area contributed by atoms with Gasteiger partial charge in [0.05, 0.1) is 6.54 Å². The molecule has 1 aromatic carbocycles. The lowest BCUT2D eigenvalue weighted by Gasteiger charge is -2.34. The smallest absolute Gasteiger partial charge is 0.236 e. The first-order chi connectivity index (χ1) is 14.2. The van der Waals surface area contributed by atoms with Crippen molar-refractivity contribution < 1.29 is 9.18 Å². The molecule has 0 saturated carbocycles. The molecular formula is C24H30FN3O. The second-order valence-corrected chi connectivity index (χ2v) is 8.38. The van der Waals surface area contributed by atoms with E-state index in [0.29, 0.717) is 18.9 Å². The number of halogens is 1. The van der Waals surface area contributed by atoms with E-state index < -0.39 is 0 Å². The molecule has 3 heterocycles. The molecule has 2 fully saturated rings. The average Bonchev–Trinajstić information content (AvgIpc) is 2.75. The van der Waals surface area contributed by atoms with Crippen LogP contribution in [0.2, 0.25) is 0 Å². The van der Waals surface area contributed by atoms with Crippen molar-refractivity contribution in [3.63, 3.8) is 0 Å². The first-order valence-electron chi connectivity index (χ1n) is 10.9. The van der Waals surface area contributed by atoms with Crippen LogP contribution in [-0.2, 0) is 11.2 Å². The summed E-state index contributed by atoms with van der Waals surface area (Å²) in [6.07, 6.45) is 6.34. The van der Waals surface area contributed by atoms with Gasteiger partial charge in [-0.3, -0.25) is 14.7 Å². The average molecular weight is 396 g/mol. The zero-order chi connectivity index (χ0) is 20.1. The molecular weight excluding hydrogens is 365 g/mol. The number of amides is 1. The van der Waals surface area contributed by atoms with Gasteiger partial charge in [-0.1, -0.05) is 18.2 Å². The van der Waals surface area contributed by atoms with E-state index in [1.165, 1.54) is 12.5 Å². The fraction of sp³-hybridized carbons (Fsp3) is 0.500. The molecule has 4 rings (SSSR count). The topological polar surface area (TPSA) is 36.4 Å². The predicted molar refractivity (Wildman–Crippen MR) is 112 cm³/mol. The van der Waals surface area contributed by atoms with Crippen LogP contribution in [-0.4, -0.2) is 53.4 Å². The molecule has 0 spiro atoms. The van der Waals surface area contributed by atoms with Gasteiger partial charge in [0.15, 0.2) is 0 Å². The Hall–Kier alpha value is -2.27. The van der Waals surface area contributed by atoms with Gasteiger partial charge in [-0.05, 0) is 68.5 Å². The number of likely N-dealkylation sites (tertiary alicyclic amines) is 2. The van der Waals surface area contributed by atoms with Crippen molar-refractivity contribution in [3.8, 4) is 0 Å². The second-order valence-electron chi connectivity index (χ2n) is 8.38. The third-order valence-corrected chi connectivity index (χ3v) is 6.09. The molecule has 2 aromatic rings. The third kappa shape index (κ3) is 5.41. The van der Waals surface area contributed by atoms with E-state index in [4.69, 9.17) is 4.98 Å². The minimum absolute atomic E-state index is 0.208. The minimum atomic E-state index is -0.208. The number of pyridine rings is 1. The number of benzene rings is 1. The van der Waals surface area contributed by atoms with Crippen LogP contribution < -0.4 is 0 Å².